The standard InChI is InChI=1S/C15H29NO4/c1-14(2,3)20-13(18)16-10-8-15(19,9-11-16)7-5-4-6-12-17/h17,19H,4-12H2,1-3H3. The molecule has 1 amide bonds. The number of carbonyl (C=O) groups is 1. The molecule has 118 valence electrons. The Hall–Kier alpha value is -0.810. The fourth-order valence-corrected chi connectivity index (χ4v) is 2.42. The van der Waals surface area contributed by atoms with Crippen molar-refractivity contribution in [1.29, 1.82) is 0 Å². The zero-order valence-electron chi connectivity index (χ0n) is 13.0. The lowest BCUT2D eigenvalue weighted by Gasteiger charge is -2.38. The van der Waals surface area contributed by atoms with Gasteiger partial charge in [-0.25, -0.2) is 4.79 Å². The van der Waals surface area contributed by atoms with Crippen molar-refractivity contribution >= 4 is 6.09 Å². The number of rotatable bonds is 5. The normalized spacial score (nSPS) is 18.9. The number of piperidine rings is 1. The van der Waals surface area contributed by atoms with Crippen LogP contribution in [-0.2, 0) is 4.74 Å². The summed E-state index contributed by atoms with van der Waals surface area (Å²) in [7, 11) is 0. The Kier molecular flexibility index (Phi) is 6.27. The van der Waals surface area contributed by atoms with Crippen LogP contribution in [0.5, 0.6) is 0 Å². The van der Waals surface area contributed by atoms with E-state index in [-0.39, 0.29) is 12.7 Å². The van der Waals surface area contributed by atoms with E-state index in [1.807, 2.05) is 20.8 Å². The molecule has 5 heteroatoms. The number of carbonyl (C=O) groups excluding carboxylic acids is 1. The van der Waals surface area contributed by atoms with Crippen molar-refractivity contribution in [3.8, 4) is 0 Å². The predicted molar refractivity (Wildman–Crippen MR) is 77.5 cm³/mol. The van der Waals surface area contributed by atoms with E-state index >= 15 is 0 Å². The van der Waals surface area contributed by atoms with Crippen molar-refractivity contribution in [3.05, 3.63) is 0 Å². The molecule has 0 atom stereocenters. The number of likely N-dealkylation sites (tertiary alicyclic amines) is 1. The van der Waals surface area contributed by atoms with Gasteiger partial charge in [-0.1, -0.05) is 12.8 Å². The summed E-state index contributed by atoms with van der Waals surface area (Å²) < 4.78 is 5.34. The van der Waals surface area contributed by atoms with Gasteiger partial charge in [0.2, 0.25) is 0 Å². The lowest BCUT2D eigenvalue weighted by atomic mass is 9.86. The van der Waals surface area contributed by atoms with Crippen LogP contribution in [0.25, 0.3) is 0 Å². The summed E-state index contributed by atoms with van der Waals surface area (Å²) in [5.74, 6) is 0. The van der Waals surface area contributed by atoms with Gasteiger partial charge in [-0.3, -0.25) is 0 Å². The van der Waals surface area contributed by atoms with Crippen molar-refractivity contribution in [2.75, 3.05) is 19.7 Å². The van der Waals surface area contributed by atoms with Crippen LogP contribution in [0.2, 0.25) is 0 Å². The molecule has 1 aliphatic heterocycles. The predicted octanol–water partition coefficient (Wildman–Crippen LogP) is 2.30. The number of aliphatic hydroxyl groups is 2. The van der Waals surface area contributed by atoms with E-state index in [9.17, 15) is 9.90 Å². The van der Waals surface area contributed by atoms with Gasteiger partial charge in [0, 0.05) is 19.7 Å². The highest BCUT2D eigenvalue weighted by atomic mass is 16.6. The lowest BCUT2D eigenvalue weighted by molar-refractivity contribution is -0.0378. The second-order valence-corrected chi connectivity index (χ2v) is 6.73. The number of ether oxygens (including phenoxy) is 1. The van der Waals surface area contributed by atoms with E-state index in [1.54, 1.807) is 4.90 Å². The van der Waals surface area contributed by atoms with Gasteiger partial charge in [0.25, 0.3) is 0 Å². The molecule has 1 heterocycles. The summed E-state index contributed by atoms with van der Waals surface area (Å²) >= 11 is 0. The van der Waals surface area contributed by atoms with E-state index in [2.05, 4.69) is 0 Å². The van der Waals surface area contributed by atoms with Gasteiger partial charge in [-0.05, 0) is 46.5 Å². The third kappa shape index (κ3) is 6.09. The Bertz CT molecular complexity index is 303. The van der Waals surface area contributed by atoms with Crippen molar-refractivity contribution in [2.45, 2.75) is 70.5 Å². The first-order chi connectivity index (χ1) is 9.26. The van der Waals surface area contributed by atoms with Crippen LogP contribution < -0.4 is 0 Å². The molecule has 2 N–H and O–H groups in total. The number of nitrogens with zero attached hydrogens (tertiary/aromatic N) is 1. The van der Waals surface area contributed by atoms with E-state index in [0.29, 0.717) is 25.9 Å². The molecule has 0 aromatic heterocycles. The fourth-order valence-electron chi connectivity index (χ4n) is 2.42. The second kappa shape index (κ2) is 7.27. The minimum atomic E-state index is -0.659. The molecule has 20 heavy (non-hydrogen) atoms. The molecule has 0 aromatic rings. The van der Waals surface area contributed by atoms with Crippen LogP contribution in [0.3, 0.4) is 0 Å². The number of unbranched alkanes of at least 4 members (excludes halogenated alkanes) is 2. The van der Waals surface area contributed by atoms with Crippen molar-refractivity contribution < 1.29 is 19.7 Å². The monoisotopic (exact) mass is 287 g/mol. The Labute approximate surface area is 121 Å². The maximum absolute atomic E-state index is 11.9. The molecule has 1 rings (SSSR count). The topological polar surface area (TPSA) is 70.0 Å². The van der Waals surface area contributed by atoms with Gasteiger partial charge in [-0.2, -0.15) is 0 Å². The summed E-state index contributed by atoms with van der Waals surface area (Å²) in [5, 5.41) is 19.2. The fraction of sp³-hybridized carbons (Fsp3) is 0.933. The largest absolute Gasteiger partial charge is 0.444 e. The summed E-state index contributed by atoms with van der Waals surface area (Å²) in [6, 6.07) is 0. The van der Waals surface area contributed by atoms with Gasteiger partial charge >= 0.3 is 6.09 Å². The number of hydrogen-bond acceptors (Lipinski definition) is 4. The van der Waals surface area contributed by atoms with E-state index in [1.165, 1.54) is 0 Å². The number of amides is 1. The van der Waals surface area contributed by atoms with Crippen LogP contribution in [-0.4, -0.2) is 52.1 Å². The van der Waals surface area contributed by atoms with Gasteiger partial charge in [0.1, 0.15) is 5.60 Å². The third-order valence-electron chi connectivity index (χ3n) is 3.65. The highest BCUT2D eigenvalue weighted by Gasteiger charge is 2.34. The first-order valence-corrected chi connectivity index (χ1v) is 7.57. The quantitative estimate of drug-likeness (QED) is 0.761. The highest BCUT2D eigenvalue weighted by molar-refractivity contribution is 5.68. The first kappa shape index (κ1) is 17.2. The second-order valence-electron chi connectivity index (χ2n) is 6.73. The molecule has 0 bridgehead atoms. The minimum absolute atomic E-state index is 0.213. The molecule has 5 nitrogen and oxygen atoms in total. The Balaban J connectivity index is 2.33. The Morgan fingerprint density at radius 2 is 1.80 bits per heavy atom. The third-order valence-corrected chi connectivity index (χ3v) is 3.65. The van der Waals surface area contributed by atoms with Gasteiger partial charge in [0.15, 0.2) is 0 Å². The molecule has 1 fully saturated rings. The average Bonchev–Trinajstić information content (AvgIpc) is 2.33. The van der Waals surface area contributed by atoms with Gasteiger partial charge in [0.05, 0.1) is 5.60 Å². The van der Waals surface area contributed by atoms with Crippen molar-refractivity contribution in [3.63, 3.8) is 0 Å². The summed E-state index contributed by atoms with van der Waals surface area (Å²) in [5.41, 5.74) is -1.14. The van der Waals surface area contributed by atoms with Gasteiger partial charge < -0.3 is 19.8 Å². The molecular weight excluding hydrogens is 258 g/mol. The smallest absolute Gasteiger partial charge is 0.410 e. The van der Waals surface area contributed by atoms with Crippen LogP contribution in [0.15, 0.2) is 0 Å². The molecule has 0 radical (unpaired) electrons. The Morgan fingerprint density at radius 1 is 1.20 bits per heavy atom. The van der Waals surface area contributed by atoms with E-state index in [0.717, 1.165) is 25.7 Å². The van der Waals surface area contributed by atoms with Crippen LogP contribution in [0.1, 0.15) is 59.3 Å². The zero-order valence-corrected chi connectivity index (χ0v) is 13.0. The molecule has 0 unspecified atom stereocenters. The molecular formula is C15H29NO4. The lowest BCUT2D eigenvalue weighted by Crippen LogP contribution is -2.48. The minimum Gasteiger partial charge on any atom is -0.444 e. The molecule has 0 aliphatic carbocycles. The Morgan fingerprint density at radius 3 is 2.30 bits per heavy atom. The SMILES string of the molecule is CC(C)(C)OC(=O)N1CCC(O)(CCCCCO)CC1. The molecule has 0 saturated carbocycles. The van der Waals surface area contributed by atoms with Crippen molar-refractivity contribution in [1.82, 2.24) is 4.90 Å². The van der Waals surface area contributed by atoms with Crippen LogP contribution in [0.4, 0.5) is 4.79 Å². The number of hydrogen-bond donors (Lipinski definition) is 2. The van der Waals surface area contributed by atoms with Crippen LogP contribution in [0, 0.1) is 0 Å². The zero-order chi connectivity index (χ0) is 15.2. The van der Waals surface area contributed by atoms with Gasteiger partial charge in [-0.15, -0.1) is 0 Å². The van der Waals surface area contributed by atoms with Crippen LogP contribution >= 0.6 is 0 Å². The molecule has 0 aromatic carbocycles. The summed E-state index contributed by atoms with van der Waals surface area (Å²) in [6.45, 7) is 6.87. The maximum Gasteiger partial charge on any atom is 0.410 e. The maximum atomic E-state index is 11.9. The summed E-state index contributed by atoms with van der Waals surface area (Å²) in [4.78, 5) is 13.6. The highest BCUT2D eigenvalue weighted by Crippen LogP contribution is 2.28. The average molecular weight is 287 g/mol. The molecule has 0 spiro atoms. The molecule has 1 saturated heterocycles. The van der Waals surface area contributed by atoms with Crippen molar-refractivity contribution in [2.24, 2.45) is 0 Å². The number of aliphatic hydroxyl groups excluding tert-OH is 1. The molecule has 1 aliphatic rings. The first-order valence-electron chi connectivity index (χ1n) is 7.57. The summed E-state index contributed by atoms with van der Waals surface area (Å²) in [6.07, 6.45) is 4.31. The van der Waals surface area contributed by atoms with E-state index in [4.69, 9.17) is 9.84 Å². The van der Waals surface area contributed by atoms with E-state index < -0.39 is 11.2 Å².